The van der Waals surface area contributed by atoms with Gasteiger partial charge in [-0.25, -0.2) is 9.97 Å². The molecular formula is C20H24N4O3. The second-order valence-corrected chi connectivity index (χ2v) is 7.09. The number of nitrogens with one attached hydrogen (secondary N) is 1. The summed E-state index contributed by atoms with van der Waals surface area (Å²) in [5.41, 5.74) is 1.30. The number of rotatable bonds is 4. The van der Waals surface area contributed by atoms with Gasteiger partial charge in [0.2, 0.25) is 0 Å². The van der Waals surface area contributed by atoms with Crippen LogP contribution in [0.3, 0.4) is 0 Å². The first-order chi connectivity index (χ1) is 13.3. The zero-order chi connectivity index (χ0) is 18.5. The van der Waals surface area contributed by atoms with Gasteiger partial charge >= 0.3 is 0 Å². The Labute approximate surface area is 158 Å². The van der Waals surface area contributed by atoms with E-state index in [-0.39, 0.29) is 11.9 Å². The molecular weight excluding hydrogens is 344 g/mol. The number of carbonyl (C=O) groups is 1. The van der Waals surface area contributed by atoms with Gasteiger partial charge < -0.3 is 14.8 Å². The predicted molar refractivity (Wildman–Crippen MR) is 99.0 cm³/mol. The molecule has 0 bridgehead atoms. The first-order valence-electron chi connectivity index (χ1n) is 9.50. The maximum atomic E-state index is 12.7. The molecule has 4 heterocycles. The number of ether oxygens (including phenoxy) is 2. The van der Waals surface area contributed by atoms with Crippen LogP contribution in [0.15, 0.2) is 36.9 Å². The van der Waals surface area contributed by atoms with Crippen molar-refractivity contribution < 1.29 is 14.3 Å². The molecule has 0 unspecified atom stereocenters. The minimum absolute atomic E-state index is 0.118. The standard InChI is InChI=1S/C20H24N4O3/c25-20(16-11-22-19(23-12-16)15-2-1-6-21-10-15)24-18-5-9-27-13-17(18)14-3-7-26-8-4-14/h1-2,6,10-12,14,17-18H,3-5,7-9,13H2,(H,24,25)/t17-,18-/m1/s1. The summed E-state index contributed by atoms with van der Waals surface area (Å²) in [5, 5.41) is 3.19. The van der Waals surface area contributed by atoms with E-state index in [1.54, 1.807) is 24.8 Å². The Bertz CT molecular complexity index is 748. The minimum atomic E-state index is -0.128. The molecule has 2 aromatic rings. The number of aromatic nitrogens is 3. The molecule has 2 aliphatic rings. The smallest absolute Gasteiger partial charge is 0.254 e. The van der Waals surface area contributed by atoms with Crippen molar-refractivity contribution in [1.82, 2.24) is 20.3 Å². The van der Waals surface area contributed by atoms with E-state index in [0.717, 1.165) is 38.0 Å². The van der Waals surface area contributed by atoms with Gasteiger partial charge in [-0.2, -0.15) is 0 Å². The summed E-state index contributed by atoms with van der Waals surface area (Å²) in [6.07, 6.45) is 9.46. The van der Waals surface area contributed by atoms with Gasteiger partial charge in [-0.1, -0.05) is 0 Å². The number of hydrogen-bond donors (Lipinski definition) is 1. The van der Waals surface area contributed by atoms with Crippen molar-refractivity contribution in [2.75, 3.05) is 26.4 Å². The Kier molecular flexibility index (Phi) is 5.69. The molecule has 1 N–H and O–H groups in total. The molecule has 2 aliphatic heterocycles. The van der Waals surface area contributed by atoms with Crippen molar-refractivity contribution in [3.05, 3.63) is 42.5 Å². The molecule has 2 saturated heterocycles. The van der Waals surface area contributed by atoms with Crippen LogP contribution >= 0.6 is 0 Å². The SMILES string of the molecule is O=C(N[C@@H]1CCOC[C@@H]1C1CCOCC1)c1cnc(-c2cccnc2)nc1. The van der Waals surface area contributed by atoms with Crippen molar-refractivity contribution in [2.45, 2.75) is 25.3 Å². The number of pyridine rings is 1. The summed E-state index contributed by atoms with van der Waals surface area (Å²) in [7, 11) is 0. The van der Waals surface area contributed by atoms with Crippen molar-refractivity contribution in [3.8, 4) is 11.4 Å². The van der Waals surface area contributed by atoms with E-state index in [1.807, 2.05) is 12.1 Å². The molecule has 2 atom stereocenters. The third-order valence-corrected chi connectivity index (χ3v) is 5.42. The Morgan fingerprint density at radius 3 is 2.56 bits per heavy atom. The van der Waals surface area contributed by atoms with Gasteiger partial charge in [-0.15, -0.1) is 0 Å². The normalized spacial score (nSPS) is 23.7. The minimum Gasteiger partial charge on any atom is -0.381 e. The molecule has 7 nitrogen and oxygen atoms in total. The van der Waals surface area contributed by atoms with Gasteiger partial charge in [0, 0.05) is 62.1 Å². The zero-order valence-electron chi connectivity index (χ0n) is 15.2. The maximum absolute atomic E-state index is 12.7. The summed E-state index contributed by atoms with van der Waals surface area (Å²) in [4.78, 5) is 25.4. The number of amides is 1. The summed E-state index contributed by atoms with van der Waals surface area (Å²) in [6, 6.07) is 3.84. The quantitative estimate of drug-likeness (QED) is 0.889. The van der Waals surface area contributed by atoms with E-state index in [0.29, 0.717) is 36.4 Å². The summed E-state index contributed by atoms with van der Waals surface area (Å²) in [5.74, 6) is 1.30. The van der Waals surface area contributed by atoms with Crippen molar-refractivity contribution in [2.24, 2.45) is 11.8 Å². The van der Waals surface area contributed by atoms with Crippen LogP contribution in [-0.4, -0.2) is 53.3 Å². The van der Waals surface area contributed by atoms with Crippen molar-refractivity contribution in [1.29, 1.82) is 0 Å². The molecule has 0 aliphatic carbocycles. The molecule has 1 amide bonds. The largest absolute Gasteiger partial charge is 0.381 e. The summed E-state index contributed by atoms with van der Waals surface area (Å²) < 4.78 is 11.2. The van der Waals surface area contributed by atoms with Gasteiger partial charge in [0.15, 0.2) is 5.82 Å². The second-order valence-electron chi connectivity index (χ2n) is 7.09. The topological polar surface area (TPSA) is 86.2 Å². The van der Waals surface area contributed by atoms with Gasteiger partial charge in [0.05, 0.1) is 12.2 Å². The molecule has 0 saturated carbocycles. The lowest BCUT2D eigenvalue weighted by atomic mass is 9.79. The van der Waals surface area contributed by atoms with Crippen molar-refractivity contribution in [3.63, 3.8) is 0 Å². The molecule has 0 spiro atoms. The van der Waals surface area contributed by atoms with E-state index in [4.69, 9.17) is 9.47 Å². The molecule has 27 heavy (non-hydrogen) atoms. The van der Waals surface area contributed by atoms with Crippen LogP contribution in [-0.2, 0) is 9.47 Å². The highest BCUT2D eigenvalue weighted by molar-refractivity contribution is 5.93. The molecule has 0 aromatic carbocycles. The van der Waals surface area contributed by atoms with Crippen molar-refractivity contribution >= 4 is 5.91 Å². The summed E-state index contributed by atoms with van der Waals surface area (Å²) >= 11 is 0. The fraction of sp³-hybridized carbons (Fsp3) is 0.500. The van der Waals surface area contributed by atoms with E-state index in [9.17, 15) is 4.79 Å². The predicted octanol–water partition coefficient (Wildman–Crippen LogP) is 2.10. The van der Waals surface area contributed by atoms with E-state index in [2.05, 4.69) is 20.3 Å². The molecule has 7 heteroatoms. The molecule has 4 rings (SSSR count). The average Bonchev–Trinajstić information content (AvgIpc) is 2.75. The molecule has 2 fully saturated rings. The fourth-order valence-corrected chi connectivity index (χ4v) is 3.89. The Morgan fingerprint density at radius 1 is 1.04 bits per heavy atom. The highest BCUT2D eigenvalue weighted by Crippen LogP contribution is 2.30. The van der Waals surface area contributed by atoms with Crippen LogP contribution in [0.1, 0.15) is 29.6 Å². The van der Waals surface area contributed by atoms with Crippen LogP contribution in [0, 0.1) is 11.8 Å². The second kappa shape index (κ2) is 8.54. The highest BCUT2D eigenvalue weighted by atomic mass is 16.5. The monoisotopic (exact) mass is 368 g/mol. The third kappa shape index (κ3) is 4.31. The van der Waals surface area contributed by atoms with E-state index < -0.39 is 0 Å². The third-order valence-electron chi connectivity index (χ3n) is 5.42. The van der Waals surface area contributed by atoms with Crippen LogP contribution < -0.4 is 5.32 Å². The van der Waals surface area contributed by atoms with Crippen LogP contribution in [0.4, 0.5) is 0 Å². The molecule has 142 valence electrons. The number of carbonyl (C=O) groups excluding carboxylic acids is 1. The Hall–Kier alpha value is -2.38. The zero-order valence-corrected chi connectivity index (χ0v) is 15.2. The first-order valence-corrected chi connectivity index (χ1v) is 9.50. The fourth-order valence-electron chi connectivity index (χ4n) is 3.89. The van der Waals surface area contributed by atoms with E-state index in [1.165, 1.54) is 0 Å². The summed E-state index contributed by atoms with van der Waals surface area (Å²) in [6.45, 7) is 2.98. The lowest BCUT2D eigenvalue weighted by Crippen LogP contribution is -2.49. The number of nitrogens with zero attached hydrogens (tertiary/aromatic N) is 3. The van der Waals surface area contributed by atoms with Crippen LogP contribution in [0.25, 0.3) is 11.4 Å². The maximum Gasteiger partial charge on any atom is 0.254 e. The molecule has 2 aromatic heterocycles. The lowest BCUT2D eigenvalue weighted by molar-refractivity contribution is -0.0259. The lowest BCUT2D eigenvalue weighted by Gasteiger charge is -2.39. The van der Waals surface area contributed by atoms with Gasteiger partial charge in [0.1, 0.15) is 0 Å². The Balaban J connectivity index is 1.42. The molecule has 0 radical (unpaired) electrons. The van der Waals surface area contributed by atoms with Crippen LogP contribution in [0.2, 0.25) is 0 Å². The van der Waals surface area contributed by atoms with E-state index >= 15 is 0 Å². The first kappa shape index (κ1) is 18.0. The Morgan fingerprint density at radius 2 is 1.81 bits per heavy atom. The van der Waals surface area contributed by atoms with Gasteiger partial charge in [-0.05, 0) is 37.3 Å². The van der Waals surface area contributed by atoms with Gasteiger partial charge in [0.25, 0.3) is 5.91 Å². The number of hydrogen-bond acceptors (Lipinski definition) is 6. The highest BCUT2D eigenvalue weighted by Gasteiger charge is 2.34. The van der Waals surface area contributed by atoms with Gasteiger partial charge in [-0.3, -0.25) is 9.78 Å². The van der Waals surface area contributed by atoms with Crippen LogP contribution in [0.5, 0.6) is 0 Å². The average molecular weight is 368 g/mol.